The van der Waals surface area contributed by atoms with Crippen molar-refractivity contribution < 1.29 is 24.1 Å². The predicted octanol–water partition coefficient (Wildman–Crippen LogP) is 1.54. The molecule has 0 unspecified atom stereocenters. The van der Waals surface area contributed by atoms with E-state index in [9.17, 15) is 5.11 Å². The summed E-state index contributed by atoms with van der Waals surface area (Å²) in [6.45, 7) is -0.124. The highest BCUT2D eigenvalue weighted by molar-refractivity contribution is 7.99. The molecule has 5 atom stereocenters. The van der Waals surface area contributed by atoms with Gasteiger partial charge in [0.15, 0.2) is 0 Å². The molecule has 21 heavy (non-hydrogen) atoms. The third-order valence-electron chi connectivity index (χ3n) is 3.58. The summed E-state index contributed by atoms with van der Waals surface area (Å²) in [7, 11) is 4.83. The first-order chi connectivity index (χ1) is 10.2. The fourth-order valence-corrected chi connectivity index (χ4v) is 3.74. The van der Waals surface area contributed by atoms with E-state index in [1.807, 2.05) is 30.3 Å². The molecule has 1 aromatic carbocycles. The van der Waals surface area contributed by atoms with Gasteiger partial charge in [-0.05, 0) is 12.1 Å². The summed E-state index contributed by atoms with van der Waals surface area (Å²) in [5, 5.41) is 9.54. The summed E-state index contributed by atoms with van der Waals surface area (Å²) in [4.78, 5) is 1.08. The first-order valence-electron chi connectivity index (χ1n) is 6.81. The summed E-state index contributed by atoms with van der Waals surface area (Å²) in [5.41, 5.74) is -0.272. The molecule has 0 saturated carbocycles. The highest BCUT2D eigenvalue weighted by atomic mass is 32.2. The summed E-state index contributed by atoms with van der Waals surface area (Å²) in [6, 6.07) is 9.94. The van der Waals surface area contributed by atoms with E-state index in [2.05, 4.69) is 0 Å². The van der Waals surface area contributed by atoms with Gasteiger partial charge in [-0.25, -0.2) is 0 Å². The van der Waals surface area contributed by atoms with Gasteiger partial charge in [-0.3, -0.25) is 0 Å². The van der Waals surface area contributed by atoms with Crippen LogP contribution in [0, 0.1) is 0 Å². The van der Waals surface area contributed by atoms with Gasteiger partial charge >= 0.3 is 0 Å². The third-order valence-corrected chi connectivity index (χ3v) is 4.74. The summed E-state index contributed by atoms with van der Waals surface area (Å²) in [6.07, 6.45) is -1.38. The van der Waals surface area contributed by atoms with Crippen LogP contribution < -0.4 is 0 Å². The van der Waals surface area contributed by atoms with E-state index in [0.717, 1.165) is 4.90 Å². The molecule has 2 rings (SSSR count). The molecule has 0 spiro atoms. The number of methoxy groups -OCH3 is 3. The van der Waals surface area contributed by atoms with Gasteiger partial charge in [0, 0.05) is 26.2 Å². The maximum atomic E-state index is 9.54. The van der Waals surface area contributed by atoms with E-state index in [4.69, 9.17) is 18.9 Å². The molecule has 0 radical (unpaired) electrons. The Morgan fingerprint density at radius 1 is 1.00 bits per heavy atom. The zero-order chi connectivity index (χ0) is 15.2. The summed E-state index contributed by atoms with van der Waals surface area (Å²) < 4.78 is 22.5. The van der Waals surface area contributed by atoms with Crippen molar-refractivity contribution in [1.29, 1.82) is 0 Å². The molecule has 0 amide bonds. The number of hydrogen-bond acceptors (Lipinski definition) is 6. The van der Waals surface area contributed by atoms with Crippen LogP contribution in [-0.4, -0.2) is 62.9 Å². The molecule has 6 heteroatoms. The highest BCUT2D eigenvalue weighted by Crippen LogP contribution is 2.36. The minimum absolute atomic E-state index is 0.124. The Labute approximate surface area is 129 Å². The number of rotatable bonds is 6. The quantitative estimate of drug-likeness (QED) is 0.859. The zero-order valence-electron chi connectivity index (χ0n) is 12.5. The second-order valence-electron chi connectivity index (χ2n) is 4.76. The van der Waals surface area contributed by atoms with Crippen LogP contribution in [0.5, 0.6) is 0 Å². The number of aliphatic hydroxyl groups excluding tert-OH is 1. The first kappa shape index (κ1) is 16.7. The molecule has 1 fully saturated rings. The lowest BCUT2D eigenvalue weighted by Crippen LogP contribution is -2.59. The summed E-state index contributed by atoms with van der Waals surface area (Å²) in [5.74, 6) is 0. The molecular formula is C15H22O5S. The fourth-order valence-electron chi connectivity index (χ4n) is 2.55. The molecule has 1 aliphatic rings. The van der Waals surface area contributed by atoms with Crippen molar-refractivity contribution in [3.05, 3.63) is 30.3 Å². The lowest BCUT2D eigenvalue weighted by molar-refractivity contribution is -0.227. The van der Waals surface area contributed by atoms with E-state index < -0.39 is 6.10 Å². The number of aliphatic hydroxyl groups is 1. The number of benzene rings is 1. The molecule has 1 heterocycles. The molecule has 0 aromatic heterocycles. The molecular weight excluding hydrogens is 292 g/mol. The van der Waals surface area contributed by atoms with Gasteiger partial charge in [-0.1, -0.05) is 30.0 Å². The average molecular weight is 314 g/mol. The Morgan fingerprint density at radius 3 is 2.14 bits per heavy atom. The standard InChI is InChI=1S/C15H22O5S/c1-17-12-11(9-16)20-15(14(19-3)13(12)18-2)21-10-7-5-4-6-8-10/h4-8,11-16H,9H2,1-3H3/t11-,12+,13+,14-,15+/m1/s1. The maximum Gasteiger partial charge on any atom is 0.137 e. The van der Waals surface area contributed by atoms with Crippen molar-refractivity contribution in [2.24, 2.45) is 0 Å². The SMILES string of the molecule is CO[C@H]1[C@@H](OC)[C@@H](CO)O[C@@H](Sc2ccccc2)[C@@H]1OC. The molecule has 1 saturated heterocycles. The number of ether oxygens (including phenoxy) is 4. The Morgan fingerprint density at radius 2 is 1.62 bits per heavy atom. The molecule has 1 aliphatic heterocycles. The van der Waals surface area contributed by atoms with Crippen LogP contribution in [0.1, 0.15) is 0 Å². The molecule has 0 bridgehead atoms. The van der Waals surface area contributed by atoms with Crippen molar-refractivity contribution in [3.8, 4) is 0 Å². The van der Waals surface area contributed by atoms with Gasteiger partial charge in [0.2, 0.25) is 0 Å². The van der Waals surface area contributed by atoms with Crippen LogP contribution in [0.4, 0.5) is 0 Å². The van der Waals surface area contributed by atoms with Crippen LogP contribution in [0.2, 0.25) is 0 Å². The largest absolute Gasteiger partial charge is 0.394 e. The number of hydrogen-bond donors (Lipinski definition) is 1. The van der Waals surface area contributed by atoms with Gasteiger partial charge in [-0.15, -0.1) is 0 Å². The Bertz CT molecular complexity index is 416. The molecule has 1 aromatic rings. The van der Waals surface area contributed by atoms with Crippen LogP contribution in [0.15, 0.2) is 35.2 Å². The van der Waals surface area contributed by atoms with Gasteiger partial charge < -0.3 is 24.1 Å². The lowest BCUT2D eigenvalue weighted by atomic mass is 9.99. The van der Waals surface area contributed by atoms with Crippen LogP contribution in [0.3, 0.4) is 0 Å². The Balaban J connectivity index is 2.19. The monoisotopic (exact) mass is 314 g/mol. The van der Waals surface area contributed by atoms with E-state index >= 15 is 0 Å². The van der Waals surface area contributed by atoms with Gasteiger partial charge in [0.1, 0.15) is 29.9 Å². The molecule has 0 aliphatic carbocycles. The zero-order valence-corrected chi connectivity index (χ0v) is 13.3. The van der Waals surface area contributed by atoms with E-state index in [-0.39, 0.29) is 30.4 Å². The van der Waals surface area contributed by atoms with E-state index in [1.165, 1.54) is 0 Å². The first-order valence-corrected chi connectivity index (χ1v) is 7.69. The van der Waals surface area contributed by atoms with Crippen molar-refractivity contribution >= 4 is 11.8 Å². The Hall–Kier alpha value is -0.630. The molecule has 5 nitrogen and oxygen atoms in total. The minimum atomic E-state index is -0.437. The second-order valence-corrected chi connectivity index (χ2v) is 5.93. The minimum Gasteiger partial charge on any atom is -0.394 e. The molecule has 118 valence electrons. The van der Waals surface area contributed by atoms with Crippen LogP contribution >= 0.6 is 11.8 Å². The lowest BCUT2D eigenvalue weighted by Gasteiger charge is -2.44. The van der Waals surface area contributed by atoms with Crippen LogP contribution in [-0.2, 0) is 18.9 Å². The van der Waals surface area contributed by atoms with Crippen molar-refractivity contribution in [3.63, 3.8) is 0 Å². The Kier molecular flexibility index (Phi) is 6.47. The van der Waals surface area contributed by atoms with Crippen LogP contribution in [0.25, 0.3) is 0 Å². The van der Waals surface area contributed by atoms with Crippen molar-refractivity contribution in [1.82, 2.24) is 0 Å². The van der Waals surface area contributed by atoms with E-state index in [1.54, 1.807) is 33.1 Å². The van der Waals surface area contributed by atoms with Crippen molar-refractivity contribution in [2.45, 2.75) is 34.7 Å². The maximum absolute atomic E-state index is 9.54. The van der Waals surface area contributed by atoms with Gasteiger partial charge in [-0.2, -0.15) is 0 Å². The summed E-state index contributed by atoms with van der Waals surface area (Å²) >= 11 is 1.55. The highest BCUT2D eigenvalue weighted by Gasteiger charge is 2.47. The van der Waals surface area contributed by atoms with E-state index in [0.29, 0.717) is 0 Å². The topological polar surface area (TPSA) is 57.2 Å². The predicted molar refractivity (Wildman–Crippen MR) is 80.4 cm³/mol. The number of thioether (sulfide) groups is 1. The third kappa shape index (κ3) is 3.77. The van der Waals surface area contributed by atoms with Gasteiger partial charge in [0.25, 0.3) is 0 Å². The second kappa shape index (κ2) is 8.12. The van der Waals surface area contributed by atoms with Gasteiger partial charge in [0.05, 0.1) is 6.61 Å². The smallest absolute Gasteiger partial charge is 0.137 e. The molecule has 1 N–H and O–H groups in total. The fraction of sp³-hybridized carbons (Fsp3) is 0.600. The van der Waals surface area contributed by atoms with Crippen molar-refractivity contribution in [2.75, 3.05) is 27.9 Å². The average Bonchev–Trinajstić information content (AvgIpc) is 2.54. The normalized spacial score (nSPS) is 33.0.